The summed E-state index contributed by atoms with van der Waals surface area (Å²) in [5.41, 5.74) is 2.31. The Balaban J connectivity index is 2.57. The van der Waals surface area contributed by atoms with E-state index < -0.39 is 10.2 Å². The van der Waals surface area contributed by atoms with Gasteiger partial charge in [-0.3, -0.25) is 4.98 Å². The van der Waals surface area contributed by atoms with Crippen LogP contribution in [0.2, 0.25) is 0 Å². The SMILES string of the molecule is CCc1cnccc1CCNS(=O)(=O)N(C)C. The Morgan fingerprint density at radius 2 is 2.06 bits per heavy atom. The summed E-state index contributed by atoms with van der Waals surface area (Å²) < 4.78 is 26.7. The number of aromatic nitrogens is 1. The number of hydrogen-bond acceptors (Lipinski definition) is 3. The van der Waals surface area contributed by atoms with E-state index in [0.717, 1.165) is 17.5 Å². The van der Waals surface area contributed by atoms with Crippen molar-refractivity contribution in [3.63, 3.8) is 0 Å². The lowest BCUT2D eigenvalue weighted by Gasteiger charge is -2.13. The Hall–Kier alpha value is -0.980. The van der Waals surface area contributed by atoms with Crippen molar-refractivity contribution >= 4 is 10.2 Å². The zero-order valence-corrected chi connectivity index (χ0v) is 11.3. The minimum Gasteiger partial charge on any atom is -0.264 e. The Morgan fingerprint density at radius 3 is 2.65 bits per heavy atom. The van der Waals surface area contributed by atoms with Gasteiger partial charge in [-0.25, -0.2) is 4.72 Å². The molecule has 0 saturated heterocycles. The maximum absolute atomic E-state index is 11.5. The van der Waals surface area contributed by atoms with Crippen molar-refractivity contribution in [2.45, 2.75) is 19.8 Å². The summed E-state index contributed by atoms with van der Waals surface area (Å²) in [6, 6.07) is 1.93. The molecule has 0 unspecified atom stereocenters. The fourth-order valence-corrected chi connectivity index (χ4v) is 2.08. The van der Waals surface area contributed by atoms with Crippen LogP contribution >= 0.6 is 0 Å². The van der Waals surface area contributed by atoms with E-state index in [0.29, 0.717) is 13.0 Å². The van der Waals surface area contributed by atoms with E-state index in [2.05, 4.69) is 16.6 Å². The largest absolute Gasteiger partial charge is 0.278 e. The van der Waals surface area contributed by atoms with E-state index in [1.807, 2.05) is 12.3 Å². The molecule has 1 N–H and O–H groups in total. The molecule has 0 bridgehead atoms. The monoisotopic (exact) mass is 257 g/mol. The van der Waals surface area contributed by atoms with E-state index >= 15 is 0 Å². The summed E-state index contributed by atoms with van der Waals surface area (Å²) in [5.74, 6) is 0. The molecule has 0 saturated carbocycles. The van der Waals surface area contributed by atoms with Gasteiger partial charge in [-0.15, -0.1) is 0 Å². The van der Waals surface area contributed by atoms with Crippen LogP contribution in [0.3, 0.4) is 0 Å². The average molecular weight is 257 g/mol. The smallest absolute Gasteiger partial charge is 0.264 e. The van der Waals surface area contributed by atoms with Crippen LogP contribution in [0, 0.1) is 0 Å². The molecule has 0 aliphatic rings. The Labute approximate surface area is 103 Å². The van der Waals surface area contributed by atoms with E-state index in [1.54, 1.807) is 6.20 Å². The summed E-state index contributed by atoms with van der Waals surface area (Å²) in [5, 5.41) is 0. The number of rotatable bonds is 6. The van der Waals surface area contributed by atoms with Gasteiger partial charge in [-0.1, -0.05) is 6.92 Å². The van der Waals surface area contributed by atoms with E-state index in [1.165, 1.54) is 18.4 Å². The number of aryl methyl sites for hydroxylation is 1. The van der Waals surface area contributed by atoms with Crippen molar-refractivity contribution < 1.29 is 8.42 Å². The van der Waals surface area contributed by atoms with Gasteiger partial charge in [-0.05, 0) is 30.0 Å². The molecule has 96 valence electrons. The number of nitrogens with zero attached hydrogens (tertiary/aromatic N) is 2. The maximum atomic E-state index is 11.5. The molecule has 17 heavy (non-hydrogen) atoms. The van der Waals surface area contributed by atoms with Gasteiger partial charge in [0.15, 0.2) is 0 Å². The highest BCUT2D eigenvalue weighted by Crippen LogP contribution is 2.08. The topological polar surface area (TPSA) is 62.3 Å². The number of nitrogens with one attached hydrogen (secondary N) is 1. The van der Waals surface area contributed by atoms with Crippen LogP contribution in [0.5, 0.6) is 0 Å². The zero-order chi connectivity index (χ0) is 12.9. The second-order valence-electron chi connectivity index (χ2n) is 3.93. The summed E-state index contributed by atoms with van der Waals surface area (Å²) in [6.45, 7) is 2.46. The Morgan fingerprint density at radius 1 is 1.35 bits per heavy atom. The van der Waals surface area contributed by atoms with E-state index in [-0.39, 0.29) is 0 Å². The molecule has 6 heteroatoms. The molecular formula is C11H19N3O2S. The van der Waals surface area contributed by atoms with Crippen LogP contribution in [-0.2, 0) is 23.1 Å². The lowest BCUT2D eigenvalue weighted by Crippen LogP contribution is -2.36. The molecule has 0 atom stereocenters. The third kappa shape index (κ3) is 4.07. The summed E-state index contributed by atoms with van der Waals surface area (Å²) in [4.78, 5) is 4.05. The first kappa shape index (κ1) is 14.1. The molecule has 1 aromatic rings. The molecule has 0 aliphatic heterocycles. The van der Waals surface area contributed by atoms with Crippen molar-refractivity contribution in [2.24, 2.45) is 0 Å². The normalized spacial score (nSPS) is 12.0. The zero-order valence-electron chi connectivity index (χ0n) is 10.5. The van der Waals surface area contributed by atoms with Gasteiger partial charge in [-0.2, -0.15) is 12.7 Å². The second kappa shape index (κ2) is 6.09. The van der Waals surface area contributed by atoms with Crippen LogP contribution in [0.4, 0.5) is 0 Å². The molecule has 0 amide bonds. The molecule has 0 radical (unpaired) electrons. The van der Waals surface area contributed by atoms with Gasteiger partial charge >= 0.3 is 0 Å². The Kier molecular flexibility index (Phi) is 5.04. The van der Waals surface area contributed by atoms with Crippen molar-refractivity contribution in [2.75, 3.05) is 20.6 Å². The molecule has 1 heterocycles. The van der Waals surface area contributed by atoms with E-state index in [9.17, 15) is 8.42 Å². The van der Waals surface area contributed by atoms with Gasteiger partial charge in [0, 0.05) is 33.0 Å². The fraction of sp³-hybridized carbons (Fsp3) is 0.545. The fourth-order valence-electron chi connectivity index (χ4n) is 1.46. The first-order valence-corrected chi connectivity index (χ1v) is 7.00. The predicted molar refractivity (Wildman–Crippen MR) is 67.9 cm³/mol. The first-order chi connectivity index (χ1) is 7.97. The molecule has 5 nitrogen and oxygen atoms in total. The lowest BCUT2D eigenvalue weighted by molar-refractivity contribution is 0.506. The van der Waals surface area contributed by atoms with Crippen molar-refractivity contribution in [1.82, 2.24) is 14.0 Å². The van der Waals surface area contributed by atoms with Crippen molar-refractivity contribution in [3.8, 4) is 0 Å². The van der Waals surface area contributed by atoms with Crippen LogP contribution in [0.15, 0.2) is 18.5 Å². The summed E-state index contributed by atoms with van der Waals surface area (Å²) >= 11 is 0. The Bertz CT molecular complexity index is 458. The third-order valence-electron chi connectivity index (χ3n) is 2.55. The van der Waals surface area contributed by atoms with Crippen molar-refractivity contribution in [3.05, 3.63) is 29.6 Å². The van der Waals surface area contributed by atoms with Gasteiger partial charge in [0.2, 0.25) is 0 Å². The highest BCUT2D eigenvalue weighted by atomic mass is 32.2. The number of hydrogen-bond donors (Lipinski definition) is 1. The van der Waals surface area contributed by atoms with Crippen LogP contribution in [0.25, 0.3) is 0 Å². The van der Waals surface area contributed by atoms with Gasteiger partial charge in [0.1, 0.15) is 0 Å². The molecule has 0 spiro atoms. The maximum Gasteiger partial charge on any atom is 0.278 e. The molecule has 0 fully saturated rings. The minimum atomic E-state index is -3.32. The van der Waals surface area contributed by atoms with Gasteiger partial charge in [0.25, 0.3) is 10.2 Å². The molecular weight excluding hydrogens is 238 g/mol. The summed E-state index contributed by atoms with van der Waals surface area (Å²) in [6.07, 6.45) is 5.15. The first-order valence-electron chi connectivity index (χ1n) is 5.56. The molecule has 1 rings (SSSR count). The lowest BCUT2D eigenvalue weighted by atomic mass is 10.1. The third-order valence-corrected chi connectivity index (χ3v) is 4.08. The standard InChI is InChI=1S/C11H19N3O2S/c1-4-10-9-12-7-5-11(10)6-8-13-17(15,16)14(2)3/h5,7,9,13H,4,6,8H2,1-3H3. The quantitative estimate of drug-likeness (QED) is 0.811. The predicted octanol–water partition coefficient (Wildman–Crippen LogP) is 0.582. The molecule has 1 aromatic heterocycles. The molecule has 0 aromatic carbocycles. The van der Waals surface area contributed by atoms with Crippen LogP contribution < -0.4 is 4.72 Å². The summed E-state index contributed by atoms with van der Waals surface area (Å²) in [7, 11) is -0.308. The van der Waals surface area contributed by atoms with Gasteiger partial charge < -0.3 is 0 Å². The van der Waals surface area contributed by atoms with Crippen LogP contribution in [0.1, 0.15) is 18.1 Å². The molecule has 0 aliphatic carbocycles. The average Bonchev–Trinajstić information content (AvgIpc) is 2.29. The highest BCUT2D eigenvalue weighted by molar-refractivity contribution is 7.87. The van der Waals surface area contributed by atoms with Crippen LogP contribution in [-0.4, -0.2) is 38.3 Å². The van der Waals surface area contributed by atoms with Gasteiger partial charge in [0.05, 0.1) is 0 Å². The highest BCUT2D eigenvalue weighted by Gasteiger charge is 2.11. The second-order valence-corrected chi connectivity index (χ2v) is 5.90. The number of pyridine rings is 1. The van der Waals surface area contributed by atoms with E-state index in [4.69, 9.17) is 0 Å². The van der Waals surface area contributed by atoms with Crippen molar-refractivity contribution in [1.29, 1.82) is 0 Å². The minimum absolute atomic E-state index is 0.400.